The predicted molar refractivity (Wildman–Crippen MR) is 120 cm³/mol. The van der Waals surface area contributed by atoms with Gasteiger partial charge in [0.1, 0.15) is 17.0 Å². The molecular formula is C25H30N2O4. The lowest BCUT2D eigenvalue weighted by molar-refractivity contribution is 0.0521. The van der Waals surface area contributed by atoms with Gasteiger partial charge in [0, 0.05) is 12.0 Å². The highest BCUT2D eigenvalue weighted by atomic mass is 16.5. The topological polar surface area (TPSA) is 62.6 Å². The number of hydrogen-bond donors (Lipinski definition) is 0. The second kappa shape index (κ2) is 10.3. The van der Waals surface area contributed by atoms with Crippen LogP contribution >= 0.6 is 0 Å². The normalized spacial score (nSPS) is 11.4. The number of methoxy groups -OCH3 is 1. The van der Waals surface area contributed by atoms with Crippen LogP contribution in [0.3, 0.4) is 0 Å². The fraction of sp³-hybridized carbons (Fsp3) is 0.360. The van der Waals surface area contributed by atoms with Crippen LogP contribution in [-0.2, 0) is 21.5 Å². The summed E-state index contributed by atoms with van der Waals surface area (Å²) in [6, 6.07) is 17.7. The zero-order valence-corrected chi connectivity index (χ0v) is 18.6. The van der Waals surface area contributed by atoms with E-state index in [-0.39, 0.29) is 5.97 Å². The number of para-hydroxylation sites is 2. The van der Waals surface area contributed by atoms with E-state index in [2.05, 4.69) is 18.9 Å². The van der Waals surface area contributed by atoms with Crippen LogP contribution in [0.1, 0.15) is 48.8 Å². The van der Waals surface area contributed by atoms with Gasteiger partial charge in [0.15, 0.2) is 0 Å². The van der Waals surface area contributed by atoms with Crippen molar-refractivity contribution in [1.82, 2.24) is 9.78 Å². The highest BCUT2D eigenvalue weighted by Crippen LogP contribution is 2.34. The minimum atomic E-state index is -0.407. The maximum atomic E-state index is 12.7. The molecule has 0 N–H and O–H groups in total. The summed E-state index contributed by atoms with van der Waals surface area (Å²) >= 11 is 0. The van der Waals surface area contributed by atoms with E-state index in [9.17, 15) is 4.79 Å². The van der Waals surface area contributed by atoms with E-state index in [1.807, 2.05) is 54.6 Å². The molecule has 1 heterocycles. The molecule has 0 saturated heterocycles. The van der Waals surface area contributed by atoms with Crippen LogP contribution in [0.25, 0.3) is 5.69 Å². The molecule has 0 aliphatic heterocycles. The molecule has 6 heteroatoms. The van der Waals surface area contributed by atoms with Crippen molar-refractivity contribution in [3.05, 3.63) is 77.6 Å². The molecule has 0 saturated carbocycles. The maximum Gasteiger partial charge on any atom is 0.341 e. The Morgan fingerprint density at radius 2 is 1.77 bits per heavy atom. The van der Waals surface area contributed by atoms with Crippen LogP contribution in [0, 0.1) is 0 Å². The molecule has 2 aromatic carbocycles. The molecule has 164 valence electrons. The van der Waals surface area contributed by atoms with E-state index in [0.29, 0.717) is 37.6 Å². The van der Waals surface area contributed by atoms with Crippen molar-refractivity contribution < 1.29 is 19.0 Å². The summed E-state index contributed by atoms with van der Waals surface area (Å²) < 4.78 is 18.5. The van der Waals surface area contributed by atoms with E-state index in [1.54, 1.807) is 24.9 Å². The third kappa shape index (κ3) is 5.33. The van der Waals surface area contributed by atoms with Gasteiger partial charge in [-0.1, -0.05) is 56.3 Å². The lowest BCUT2D eigenvalue weighted by atomic mass is 9.83. The van der Waals surface area contributed by atoms with Gasteiger partial charge in [-0.25, -0.2) is 9.48 Å². The number of carbonyl (C=O) groups is 1. The number of hydrogen-bond acceptors (Lipinski definition) is 5. The molecule has 0 atom stereocenters. The minimum absolute atomic E-state index is 0.304. The molecule has 6 nitrogen and oxygen atoms in total. The van der Waals surface area contributed by atoms with Crippen LogP contribution in [0.4, 0.5) is 0 Å². The van der Waals surface area contributed by atoms with Crippen LogP contribution < -0.4 is 4.74 Å². The summed E-state index contributed by atoms with van der Waals surface area (Å²) in [4.78, 5) is 12.7. The Kier molecular flexibility index (Phi) is 7.47. The van der Waals surface area contributed by atoms with E-state index >= 15 is 0 Å². The average Bonchev–Trinajstić information content (AvgIpc) is 3.24. The van der Waals surface area contributed by atoms with Gasteiger partial charge in [-0.2, -0.15) is 5.10 Å². The predicted octanol–water partition coefficient (Wildman–Crippen LogP) is 4.94. The molecule has 0 amide bonds. The van der Waals surface area contributed by atoms with E-state index < -0.39 is 5.41 Å². The van der Waals surface area contributed by atoms with Crippen molar-refractivity contribution in [2.75, 3.05) is 20.3 Å². The Hall–Kier alpha value is -3.12. The summed E-state index contributed by atoms with van der Waals surface area (Å²) in [6.45, 7) is 7.37. The van der Waals surface area contributed by atoms with Crippen LogP contribution in [0.15, 0.2) is 60.8 Å². The number of nitrogens with zero attached hydrogens (tertiary/aromatic N) is 2. The molecule has 0 aliphatic carbocycles. The molecule has 0 unspecified atom stereocenters. The van der Waals surface area contributed by atoms with E-state index in [0.717, 1.165) is 16.9 Å². The van der Waals surface area contributed by atoms with Crippen molar-refractivity contribution in [3.63, 3.8) is 0 Å². The third-order valence-corrected chi connectivity index (χ3v) is 5.20. The number of aromatic nitrogens is 2. The van der Waals surface area contributed by atoms with Gasteiger partial charge >= 0.3 is 5.97 Å². The van der Waals surface area contributed by atoms with Crippen LogP contribution in [0.2, 0.25) is 0 Å². The fourth-order valence-electron chi connectivity index (χ4n) is 3.56. The molecule has 31 heavy (non-hydrogen) atoms. The Bertz CT molecular complexity index is 996. The summed E-state index contributed by atoms with van der Waals surface area (Å²) in [7, 11) is 1.62. The molecule has 0 fully saturated rings. The number of ether oxygens (including phenoxy) is 3. The van der Waals surface area contributed by atoms with Crippen molar-refractivity contribution in [3.8, 4) is 11.4 Å². The molecule has 3 aromatic rings. The summed E-state index contributed by atoms with van der Waals surface area (Å²) in [5.74, 6) is 0.301. The highest BCUT2D eigenvalue weighted by Gasteiger charge is 2.33. The number of carbonyl (C=O) groups excluding carboxylic acids is 1. The number of benzene rings is 2. The average molecular weight is 423 g/mol. The first-order chi connectivity index (χ1) is 15.0. The van der Waals surface area contributed by atoms with Gasteiger partial charge in [0.05, 0.1) is 32.2 Å². The van der Waals surface area contributed by atoms with Crippen LogP contribution in [-0.4, -0.2) is 36.1 Å². The molecule has 0 bridgehead atoms. The maximum absolute atomic E-state index is 12.7. The SMILES string of the molecule is CCOC(=O)c1cnn(-c2ccccc2OC)c1C(C)(C)CCOCc1ccccc1. The summed E-state index contributed by atoms with van der Waals surface area (Å²) in [6.07, 6.45) is 2.28. The van der Waals surface area contributed by atoms with Gasteiger partial charge in [-0.05, 0) is 31.0 Å². The van der Waals surface area contributed by atoms with E-state index in [1.165, 1.54) is 0 Å². The lowest BCUT2D eigenvalue weighted by Gasteiger charge is -2.27. The molecule has 0 aliphatic rings. The zero-order valence-electron chi connectivity index (χ0n) is 18.6. The highest BCUT2D eigenvalue weighted by molar-refractivity contribution is 5.91. The Labute approximate surface area is 183 Å². The Morgan fingerprint density at radius 3 is 2.48 bits per heavy atom. The van der Waals surface area contributed by atoms with Gasteiger partial charge < -0.3 is 14.2 Å². The summed E-state index contributed by atoms with van der Waals surface area (Å²) in [5, 5.41) is 4.54. The standard InChI is InChI=1S/C25H30N2O4/c1-5-31-24(28)20-17-26-27(21-13-9-10-14-22(21)29-4)23(20)25(2,3)15-16-30-18-19-11-7-6-8-12-19/h6-14,17H,5,15-16,18H2,1-4H3. The van der Waals surface area contributed by atoms with Crippen molar-refractivity contribution in [1.29, 1.82) is 0 Å². The van der Waals surface area contributed by atoms with Crippen molar-refractivity contribution in [2.24, 2.45) is 0 Å². The zero-order chi connectivity index (χ0) is 22.3. The molecule has 0 spiro atoms. The monoisotopic (exact) mass is 422 g/mol. The Balaban J connectivity index is 1.88. The quantitative estimate of drug-likeness (QED) is 0.342. The fourth-order valence-corrected chi connectivity index (χ4v) is 3.56. The van der Waals surface area contributed by atoms with Crippen LogP contribution in [0.5, 0.6) is 5.75 Å². The second-order valence-electron chi connectivity index (χ2n) is 7.88. The van der Waals surface area contributed by atoms with Gasteiger partial charge in [0.25, 0.3) is 0 Å². The van der Waals surface area contributed by atoms with Gasteiger partial charge in [-0.15, -0.1) is 0 Å². The molecule has 1 aromatic heterocycles. The minimum Gasteiger partial charge on any atom is -0.494 e. The molecular weight excluding hydrogens is 392 g/mol. The number of rotatable bonds is 10. The largest absolute Gasteiger partial charge is 0.494 e. The first-order valence-corrected chi connectivity index (χ1v) is 10.5. The summed E-state index contributed by atoms with van der Waals surface area (Å²) in [5.41, 5.74) is 2.73. The number of esters is 1. The smallest absolute Gasteiger partial charge is 0.341 e. The molecule has 0 radical (unpaired) electrons. The van der Waals surface area contributed by atoms with E-state index in [4.69, 9.17) is 14.2 Å². The Morgan fingerprint density at radius 1 is 1.06 bits per heavy atom. The first-order valence-electron chi connectivity index (χ1n) is 10.5. The first kappa shape index (κ1) is 22.6. The second-order valence-corrected chi connectivity index (χ2v) is 7.88. The lowest BCUT2D eigenvalue weighted by Crippen LogP contribution is -2.27. The van der Waals surface area contributed by atoms with Gasteiger partial charge in [0.2, 0.25) is 0 Å². The molecule has 3 rings (SSSR count). The van der Waals surface area contributed by atoms with Crippen molar-refractivity contribution >= 4 is 5.97 Å². The van der Waals surface area contributed by atoms with Crippen molar-refractivity contribution in [2.45, 2.75) is 39.2 Å². The third-order valence-electron chi connectivity index (χ3n) is 5.20. The van der Waals surface area contributed by atoms with Gasteiger partial charge in [-0.3, -0.25) is 0 Å².